The molecule has 8 nitrogen and oxygen atoms in total. The second-order valence-corrected chi connectivity index (χ2v) is 7.69. The van der Waals surface area contributed by atoms with Crippen LogP contribution in [0.15, 0.2) is 56.0 Å². The standard InChI is InChI=1S/C21H19BrN6O2/c22-18-11-16(30-21(18)27-6-8-29-9-7-27)10-14(12-23)19-17(13-24)20(25)28(26-19)15-4-2-1-3-5-15/h1-5,10-11,17,20H,6-9,25H2/b14-10-/t17-,20-/m0/s1. The summed E-state index contributed by atoms with van der Waals surface area (Å²) < 4.78 is 12.1. The van der Waals surface area contributed by atoms with Crippen LogP contribution >= 0.6 is 15.9 Å². The van der Waals surface area contributed by atoms with E-state index in [4.69, 9.17) is 14.9 Å². The summed E-state index contributed by atoms with van der Waals surface area (Å²) in [6, 6.07) is 15.5. The van der Waals surface area contributed by atoms with Crippen molar-refractivity contribution in [2.75, 3.05) is 36.2 Å². The molecule has 1 aromatic carbocycles. The number of nitrogens with two attached hydrogens (primary N) is 1. The van der Waals surface area contributed by atoms with Crippen LogP contribution in [0.25, 0.3) is 6.08 Å². The van der Waals surface area contributed by atoms with Gasteiger partial charge in [-0.25, -0.2) is 5.01 Å². The number of furan rings is 1. The highest BCUT2D eigenvalue weighted by molar-refractivity contribution is 9.10. The fourth-order valence-electron chi connectivity index (χ4n) is 3.45. The molecule has 2 N–H and O–H groups in total. The van der Waals surface area contributed by atoms with E-state index in [-0.39, 0.29) is 5.57 Å². The van der Waals surface area contributed by atoms with E-state index in [1.165, 1.54) is 0 Å². The maximum Gasteiger partial charge on any atom is 0.210 e. The van der Waals surface area contributed by atoms with E-state index >= 15 is 0 Å². The summed E-state index contributed by atoms with van der Waals surface area (Å²) in [6.07, 6.45) is 0.912. The molecule has 0 saturated carbocycles. The Kier molecular flexibility index (Phi) is 5.86. The topological polar surface area (TPSA) is 115 Å². The molecule has 0 unspecified atom stereocenters. The first kappa shape index (κ1) is 20.2. The third-order valence-electron chi connectivity index (χ3n) is 4.96. The van der Waals surface area contributed by atoms with Crippen LogP contribution in [0, 0.1) is 28.6 Å². The Hall–Kier alpha value is -3.11. The van der Waals surface area contributed by atoms with Gasteiger partial charge in [-0.15, -0.1) is 0 Å². The first-order chi connectivity index (χ1) is 14.6. The quantitative estimate of drug-likeness (QED) is 0.688. The highest BCUT2D eigenvalue weighted by Gasteiger charge is 2.37. The number of nitrogens with zero attached hydrogens (tertiary/aromatic N) is 5. The molecular formula is C21H19BrN6O2. The molecule has 2 atom stereocenters. The van der Waals surface area contributed by atoms with Gasteiger partial charge in [-0.1, -0.05) is 18.2 Å². The zero-order valence-electron chi connectivity index (χ0n) is 16.0. The van der Waals surface area contributed by atoms with Gasteiger partial charge < -0.3 is 19.8 Å². The third kappa shape index (κ3) is 3.83. The van der Waals surface area contributed by atoms with Crippen molar-refractivity contribution in [3.8, 4) is 12.1 Å². The normalized spacial score (nSPS) is 21.9. The van der Waals surface area contributed by atoms with Crippen molar-refractivity contribution >= 4 is 39.3 Å². The summed E-state index contributed by atoms with van der Waals surface area (Å²) in [4.78, 5) is 2.08. The molecule has 3 heterocycles. The van der Waals surface area contributed by atoms with Crippen LogP contribution in [0.4, 0.5) is 11.6 Å². The number of allylic oxidation sites excluding steroid dienone is 1. The predicted molar refractivity (Wildman–Crippen MR) is 116 cm³/mol. The summed E-state index contributed by atoms with van der Waals surface area (Å²) >= 11 is 3.52. The summed E-state index contributed by atoms with van der Waals surface area (Å²) in [5, 5.41) is 25.5. The zero-order chi connectivity index (χ0) is 21.1. The molecule has 0 radical (unpaired) electrons. The SMILES string of the molecule is N#C/C(=C/c1cc(Br)c(N2CCOCC2)o1)C1=NN(c2ccccc2)[C@H](N)[C@H]1C#N. The van der Waals surface area contributed by atoms with Gasteiger partial charge in [0, 0.05) is 25.2 Å². The number of morpholine rings is 1. The van der Waals surface area contributed by atoms with Crippen LogP contribution in [-0.2, 0) is 4.74 Å². The highest BCUT2D eigenvalue weighted by atomic mass is 79.9. The molecule has 0 aliphatic carbocycles. The Morgan fingerprint density at radius 3 is 2.63 bits per heavy atom. The number of hydrazone groups is 1. The van der Waals surface area contributed by atoms with Gasteiger partial charge in [0.2, 0.25) is 5.88 Å². The van der Waals surface area contributed by atoms with Gasteiger partial charge in [0.25, 0.3) is 0 Å². The number of rotatable bonds is 4. The van der Waals surface area contributed by atoms with E-state index in [1.807, 2.05) is 30.3 Å². The van der Waals surface area contributed by atoms with Gasteiger partial charge in [-0.3, -0.25) is 0 Å². The maximum absolute atomic E-state index is 9.78. The van der Waals surface area contributed by atoms with Crippen molar-refractivity contribution in [3.05, 3.63) is 52.2 Å². The van der Waals surface area contributed by atoms with Gasteiger partial charge in [0.15, 0.2) is 0 Å². The molecule has 1 saturated heterocycles. The van der Waals surface area contributed by atoms with Gasteiger partial charge in [0.1, 0.15) is 23.9 Å². The van der Waals surface area contributed by atoms with Gasteiger partial charge >= 0.3 is 0 Å². The molecule has 2 aromatic rings. The number of para-hydroxylation sites is 1. The van der Waals surface area contributed by atoms with Gasteiger partial charge in [0.05, 0.1) is 40.7 Å². The molecule has 2 aliphatic rings. The maximum atomic E-state index is 9.78. The molecule has 2 aliphatic heterocycles. The average Bonchev–Trinajstić information content (AvgIpc) is 3.32. The average molecular weight is 467 g/mol. The van der Waals surface area contributed by atoms with Gasteiger partial charge in [-0.2, -0.15) is 15.6 Å². The van der Waals surface area contributed by atoms with E-state index in [0.29, 0.717) is 30.6 Å². The van der Waals surface area contributed by atoms with Crippen molar-refractivity contribution < 1.29 is 9.15 Å². The molecule has 152 valence electrons. The molecule has 1 fully saturated rings. The Bertz CT molecular complexity index is 1060. The lowest BCUT2D eigenvalue weighted by molar-refractivity contribution is 0.120. The minimum atomic E-state index is -0.742. The minimum absolute atomic E-state index is 0.241. The van der Waals surface area contributed by atoms with Crippen LogP contribution in [0.3, 0.4) is 0 Å². The van der Waals surface area contributed by atoms with E-state index in [1.54, 1.807) is 17.2 Å². The van der Waals surface area contributed by atoms with E-state index in [2.05, 4.69) is 38.1 Å². The highest BCUT2D eigenvalue weighted by Crippen LogP contribution is 2.33. The Labute approximate surface area is 182 Å². The van der Waals surface area contributed by atoms with Crippen LogP contribution in [0.2, 0.25) is 0 Å². The van der Waals surface area contributed by atoms with E-state index < -0.39 is 12.1 Å². The van der Waals surface area contributed by atoms with E-state index in [9.17, 15) is 10.5 Å². The summed E-state index contributed by atoms with van der Waals surface area (Å²) in [6.45, 7) is 2.72. The van der Waals surface area contributed by atoms with Crippen molar-refractivity contribution in [2.24, 2.45) is 16.8 Å². The number of hydrogen-bond acceptors (Lipinski definition) is 8. The van der Waals surface area contributed by atoms with Crippen LogP contribution < -0.4 is 15.6 Å². The molecule has 4 rings (SSSR count). The lowest BCUT2D eigenvalue weighted by Gasteiger charge is -2.26. The second kappa shape index (κ2) is 8.72. The fourth-order valence-corrected chi connectivity index (χ4v) is 4.01. The number of hydrogen-bond donors (Lipinski definition) is 1. The van der Waals surface area contributed by atoms with Crippen LogP contribution in [0.5, 0.6) is 0 Å². The number of anilines is 2. The zero-order valence-corrected chi connectivity index (χ0v) is 17.6. The molecule has 1 aromatic heterocycles. The van der Waals surface area contributed by atoms with Crippen molar-refractivity contribution in [3.63, 3.8) is 0 Å². The Morgan fingerprint density at radius 2 is 1.97 bits per heavy atom. The fraction of sp³-hybridized carbons (Fsp3) is 0.286. The lowest BCUT2D eigenvalue weighted by Crippen LogP contribution is -2.40. The Morgan fingerprint density at radius 1 is 1.23 bits per heavy atom. The molecule has 0 bridgehead atoms. The summed E-state index contributed by atoms with van der Waals surface area (Å²) in [7, 11) is 0. The number of nitriles is 2. The van der Waals surface area contributed by atoms with Crippen molar-refractivity contribution in [1.82, 2.24) is 0 Å². The lowest BCUT2D eigenvalue weighted by atomic mass is 9.96. The third-order valence-corrected chi connectivity index (χ3v) is 5.53. The smallest absolute Gasteiger partial charge is 0.210 e. The first-order valence-corrected chi connectivity index (χ1v) is 10.2. The van der Waals surface area contributed by atoms with Crippen molar-refractivity contribution in [1.29, 1.82) is 10.5 Å². The predicted octanol–water partition coefficient (Wildman–Crippen LogP) is 3.09. The second-order valence-electron chi connectivity index (χ2n) is 6.83. The molecule has 0 spiro atoms. The van der Waals surface area contributed by atoms with Crippen LogP contribution in [-0.4, -0.2) is 38.2 Å². The summed E-state index contributed by atoms with van der Waals surface area (Å²) in [5.74, 6) is 0.439. The molecule has 0 amide bonds. The number of ether oxygens (including phenoxy) is 1. The minimum Gasteiger partial charge on any atom is -0.440 e. The Balaban J connectivity index is 1.67. The molecular weight excluding hydrogens is 448 g/mol. The van der Waals surface area contributed by atoms with Crippen molar-refractivity contribution in [2.45, 2.75) is 6.17 Å². The van der Waals surface area contributed by atoms with Gasteiger partial charge in [-0.05, 0) is 28.1 Å². The van der Waals surface area contributed by atoms with Crippen LogP contribution in [0.1, 0.15) is 5.76 Å². The molecule has 30 heavy (non-hydrogen) atoms. The monoisotopic (exact) mass is 466 g/mol. The number of benzene rings is 1. The number of halogens is 1. The molecule has 9 heteroatoms. The largest absolute Gasteiger partial charge is 0.440 e. The van der Waals surface area contributed by atoms with E-state index in [0.717, 1.165) is 23.2 Å². The first-order valence-electron chi connectivity index (χ1n) is 9.44. The summed E-state index contributed by atoms with van der Waals surface area (Å²) in [5.41, 5.74) is 7.60.